The number of thiol groups is 2. The Labute approximate surface area is 82.9 Å². The highest BCUT2D eigenvalue weighted by molar-refractivity contribution is 7.83. The average molecular weight is 200 g/mol. The largest absolute Gasteiger partial charge is 0.390 e. The van der Waals surface area contributed by atoms with Crippen molar-refractivity contribution >= 4 is 25.3 Å². The van der Waals surface area contributed by atoms with Crippen molar-refractivity contribution in [2.24, 2.45) is 0 Å². The zero-order chi connectivity index (χ0) is 8.97. The van der Waals surface area contributed by atoms with E-state index in [0.29, 0.717) is 0 Å². The molecule has 0 aliphatic carbocycles. The normalized spacial score (nSPS) is 15.6. The lowest BCUT2D eigenvalue weighted by molar-refractivity contribution is 0.215. The Kier molecular flexibility index (Phi) is 3.91. The molecular weight excluding hydrogens is 190 g/mol. The summed E-state index contributed by atoms with van der Waals surface area (Å²) in [6.07, 6.45) is 2.70. The van der Waals surface area contributed by atoms with Crippen LogP contribution in [0.3, 0.4) is 0 Å². The topological polar surface area (TPSA) is 33.1 Å². The first-order valence-corrected chi connectivity index (χ1v) is 4.52. The minimum Gasteiger partial charge on any atom is -0.390 e. The Morgan fingerprint density at radius 3 is 2.50 bits per heavy atom. The van der Waals surface area contributed by atoms with E-state index in [4.69, 9.17) is 0 Å². The molecule has 0 saturated heterocycles. The predicted octanol–water partition coefficient (Wildman–Crippen LogP) is 1.50. The van der Waals surface area contributed by atoms with Crippen LogP contribution in [0, 0.1) is 5.75 Å². The van der Waals surface area contributed by atoms with Gasteiger partial charge in [-0.05, 0) is 17.7 Å². The van der Waals surface area contributed by atoms with Gasteiger partial charge in [0.15, 0.2) is 0 Å². The number of aliphatic hydroxyl groups is 1. The van der Waals surface area contributed by atoms with E-state index in [1.807, 2.05) is 12.1 Å². The van der Waals surface area contributed by atoms with Crippen molar-refractivity contribution in [3.63, 3.8) is 0 Å². The van der Waals surface area contributed by atoms with Crippen LogP contribution in [-0.4, -0.2) is 16.2 Å². The molecule has 1 rings (SSSR count). The van der Waals surface area contributed by atoms with E-state index in [2.05, 4.69) is 30.2 Å². The van der Waals surface area contributed by atoms with Crippen molar-refractivity contribution in [2.75, 3.05) is 0 Å². The molecule has 1 heterocycles. The molecule has 0 fully saturated rings. The van der Waals surface area contributed by atoms with Crippen LogP contribution in [0.4, 0.5) is 0 Å². The molecule has 0 saturated carbocycles. The number of hydrogen-bond acceptors (Lipinski definition) is 4. The van der Waals surface area contributed by atoms with Crippen LogP contribution >= 0.6 is 25.3 Å². The minimum absolute atomic E-state index is 0.231. The molecule has 2 unspecified atom stereocenters. The molecular formula is C8H10NOS2. The Morgan fingerprint density at radius 2 is 2.00 bits per heavy atom. The minimum atomic E-state index is -0.640. The monoisotopic (exact) mass is 200 g/mol. The maximum absolute atomic E-state index is 9.35. The summed E-state index contributed by atoms with van der Waals surface area (Å²) in [5, 5.41) is 9.12. The van der Waals surface area contributed by atoms with Crippen molar-refractivity contribution in [3.8, 4) is 0 Å². The highest BCUT2D eigenvalue weighted by Crippen LogP contribution is 2.24. The van der Waals surface area contributed by atoms with Crippen molar-refractivity contribution in [1.82, 2.24) is 4.98 Å². The summed E-state index contributed by atoms with van der Waals surface area (Å²) in [4.78, 5) is 3.87. The van der Waals surface area contributed by atoms with Gasteiger partial charge in [0.1, 0.15) is 0 Å². The molecule has 2 atom stereocenters. The smallest absolute Gasteiger partial charge is 0.0824 e. The van der Waals surface area contributed by atoms with Gasteiger partial charge < -0.3 is 5.11 Å². The first-order chi connectivity index (χ1) is 5.75. The molecule has 0 spiro atoms. The van der Waals surface area contributed by atoms with Gasteiger partial charge in [-0.3, -0.25) is 4.98 Å². The molecule has 65 valence electrons. The third-order valence-corrected chi connectivity index (χ3v) is 2.43. The van der Waals surface area contributed by atoms with E-state index in [1.165, 1.54) is 5.75 Å². The van der Waals surface area contributed by atoms with E-state index < -0.39 is 6.10 Å². The molecule has 0 aromatic carbocycles. The number of aliphatic hydroxyl groups excluding tert-OH is 1. The predicted molar refractivity (Wildman–Crippen MR) is 55.3 cm³/mol. The van der Waals surface area contributed by atoms with E-state index >= 15 is 0 Å². The van der Waals surface area contributed by atoms with Crippen molar-refractivity contribution in [1.29, 1.82) is 0 Å². The van der Waals surface area contributed by atoms with Crippen molar-refractivity contribution < 1.29 is 5.11 Å². The SMILES string of the molecule is OC([CH]S)C(S)c1ccncc1. The second-order valence-corrected chi connectivity index (χ2v) is 3.22. The molecule has 1 aromatic rings. The number of pyridine rings is 1. The summed E-state index contributed by atoms with van der Waals surface area (Å²) < 4.78 is 0. The summed E-state index contributed by atoms with van der Waals surface area (Å²) in [7, 11) is 0. The Bertz CT molecular complexity index is 230. The van der Waals surface area contributed by atoms with Crippen LogP contribution in [0.2, 0.25) is 0 Å². The van der Waals surface area contributed by atoms with Gasteiger partial charge in [0.25, 0.3) is 0 Å². The van der Waals surface area contributed by atoms with Crippen LogP contribution in [0.1, 0.15) is 10.8 Å². The summed E-state index contributed by atoms with van der Waals surface area (Å²) >= 11 is 8.10. The lowest BCUT2D eigenvalue weighted by Gasteiger charge is -2.15. The van der Waals surface area contributed by atoms with E-state index in [-0.39, 0.29) is 5.25 Å². The maximum atomic E-state index is 9.35. The molecule has 1 aromatic heterocycles. The molecule has 0 amide bonds. The number of rotatable bonds is 3. The molecule has 2 nitrogen and oxygen atoms in total. The van der Waals surface area contributed by atoms with Gasteiger partial charge >= 0.3 is 0 Å². The molecule has 0 aliphatic rings. The fourth-order valence-corrected chi connectivity index (χ4v) is 1.41. The van der Waals surface area contributed by atoms with E-state index in [1.54, 1.807) is 12.4 Å². The highest BCUT2D eigenvalue weighted by Gasteiger charge is 2.15. The van der Waals surface area contributed by atoms with Crippen LogP contribution in [-0.2, 0) is 0 Å². The summed E-state index contributed by atoms with van der Waals surface area (Å²) in [6.45, 7) is 0. The summed E-state index contributed by atoms with van der Waals surface area (Å²) in [6, 6.07) is 3.64. The quantitative estimate of drug-likeness (QED) is 0.646. The number of aromatic nitrogens is 1. The Hall–Kier alpha value is -0.190. The molecule has 0 aliphatic heterocycles. The van der Waals surface area contributed by atoms with Gasteiger partial charge in [-0.15, -0.1) is 0 Å². The lowest BCUT2D eigenvalue weighted by atomic mass is 10.1. The molecule has 1 radical (unpaired) electrons. The summed E-state index contributed by atoms with van der Waals surface area (Å²) in [5.41, 5.74) is 0.936. The second kappa shape index (κ2) is 4.74. The van der Waals surface area contributed by atoms with Gasteiger partial charge in [0.2, 0.25) is 0 Å². The molecule has 12 heavy (non-hydrogen) atoms. The fourth-order valence-electron chi connectivity index (χ4n) is 0.839. The number of nitrogens with zero attached hydrogens (tertiary/aromatic N) is 1. The molecule has 0 bridgehead atoms. The van der Waals surface area contributed by atoms with Crippen LogP contribution in [0.25, 0.3) is 0 Å². The number of hydrogen-bond donors (Lipinski definition) is 3. The van der Waals surface area contributed by atoms with Gasteiger partial charge in [-0.2, -0.15) is 25.3 Å². The van der Waals surface area contributed by atoms with Crippen LogP contribution < -0.4 is 0 Å². The van der Waals surface area contributed by atoms with Crippen molar-refractivity contribution in [3.05, 3.63) is 35.8 Å². The van der Waals surface area contributed by atoms with Gasteiger partial charge in [-0.25, -0.2) is 0 Å². The first-order valence-electron chi connectivity index (χ1n) is 3.49. The molecule has 4 heteroatoms. The third kappa shape index (κ3) is 2.40. The van der Waals surface area contributed by atoms with Crippen molar-refractivity contribution in [2.45, 2.75) is 11.4 Å². The zero-order valence-corrected chi connectivity index (χ0v) is 8.12. The van der Waals surface area contributed by atoms with E-state index in [9.17, 15) is 5.11 Å². The van der Waals surface area contributed by atoms with Crippen LogP contribution in [0.15, 0.2) is 24.5 Å². The second-order valence-electron chi connectivity index (χ2n) is 2.37. The molecule has 1 N–H and O–H groups in total. The first kappa shape index (κ1) is 9.89. The Balaban J connectivity index is 2.71. The Morgan fingerprint density at radius 1 is 1.42 bits per heavy atom. The van der Waals surface area contributed by atoms with Gasteiger partial charge in [0, 0.05) is 18.1 Å². The lowest BCUT2D eigenvalue weighted by Crippen LogP contribution is -2.12. The van der Waals surface area contributed by atoms with E-state index in [0.717, 1.165) is 5.56 Å². The third-order valence-electron chi connectivity index (χ3n) is 1.52. The van der Waals surface area contributed by atoms with Gasteiger partial charge in [0.05, 0.1) is 11.4 Å². The summed E-state index contributed by atoms with van der Waals surface area (Å²) in [5.74, 6) is 1.41. The standard InChI is InChI=1S/C8H10NOS2/c10-7(5-11)8(12)6-1-3-9-4-2-6/h1-5,7-8,10-12H. The van der Waals surface area contributed by atoms with Crippen LogP contribution in [0.5, 0.6) is 0 Å². The fraction of sp³-hybridized carbons (Fsp3) is 0.250. The highest BCUT2D eigenvalue weighted by atomic mass is 32.1. The maximum Gasteiger partial charge on any atom is 0.0824 e. The average Bonchev–Trinajstić information content (AvgIpc) is 2.17. The van der Waals surface area contributed by atoms with Gasteiger partial charge in [-0.1, -0.05) is 0 Å². The zero-order valence-electron chi connectivity index (χ0n) is 6.33.